The van der Waals surface area contributed by atoms with E-state index in [-0.39, 0.29) is 24.8 Å². The molecule has 0 bridgehead atoms. The van der Waals surface area contributed by atoms with Gasteiger partial charge in [0, 0.05) is 18.0 Å². The highest BCUT2D eigenvalue weighted by Crippen LogP contribution is 2.33. The van der Waals surface area contributed by atoms with E-state index in [0.717, 1.165) is 0 Å². The number of hydrogen-bond donors (Lipinski definition) is 1. The first kappa shape index (κ1) is 17.6. The Morgan fingerprint density at radius 3 is 2.76 bits per heavy atom. The summed E-state index contributed by atoms with van der Waals surface area (Å²) in [4.78, 5) is 26.5. The van der Waals surface area contributed by atoms with Crippen LogP contribution < -0.4 is 15.0 Å². The summed E-state index contributed by atoms with van der Waals surface area (Å²) in [5.41, 5.74) is 1.09. The molecule has 2 aromatic rings. The van der Waals surface area contributed by atoms with Crippen LogP contribution in [0.5, 0.6) is 5.75 Å². The Morgan fingerprint density at radius 2 is 2.00 bits per heavy atom. The van der Waals surface area contributed by atoms with Crippen molar-refractivity contribution in [2.24, 2.45) is 5.92 Å². The Hall–Kier alpha value is -2.24. The van der Waals surface area contributed by atoms with Gasteiger partial charge in [0.25, 0.3) is 0 Å². The summed E-state index contributed by atoms with van der Waals surface area (Å²) in [5, 5.41) is 3.61. The number of benzene rings is 2. The summed E-state index contributed by atoms with van der Waals surface area (Å²) in [5.74, 6) is -0.279. The van der Waals surface area contributed by atoms with E-state index in [1.54, 1.807) is 42.3 Å². The molecule has 3 rings (SSSR count). The normalized spacial score (nSPS) is 16.8. The zero-order chi connectivity index (χ0) is 18.0. The fourth-order valence-electron chi connectivity index (χ4n) is 2.80. The molecule has 1 heterocycles. The minimum Gasteiger partial charge on any atom is -0.495 e. The highest BCUT2D eigenvalue weighted by Gasteiger charge is 2.36. The molecule has 0 spiro atoms. The number of para-hydroxylation sites is 2. The van der Waals surface area contributed by atoms with Crippen LogP contribution in [0.2, 0.25) is 10.0 Å². The smallest absolute Gasteiger partial charge is 0.229 e. The Balaban J connectivity index is 1.76. The van der Waals surface area contributed by atoms with Gasteiger partial charge in [0.15, 0.2) is 0 Å². The molecule has 1 atom stereocenters. The molecule has 1 N–H and O–H groups in total. The first-order chi connectivity index (χ1) is 12.0. The van der Waals surface area contributed by atoms with Gasteiger partial charge in [0.05, 0.1) is 29.4 Å². The van der Waals surface area contributed by atoms with E-state index in [0.29, 0.717) is 27.2 Å². The number of anilines is 2. The second-order valence-corrected chi connectivity index (χ2v) is 6.53. The Bertz CT molecular complexity index is 826. The summed E-state index contributed by atoms with van der Waals surface area (Å²) < 4.78 is 5.30. The van der Waals surface area contributed by atoms with Crippen LogP contribution in [0.25, 0.3) is 0 Å². The monoisotopic (exact) mass is 378 g/mol. The number of nitrogens with zero attached hydrogens (tertiary/aromatic N) is 1. The van der Waals surface area contributed by atoms with Gasteiger partial charge >= 0.3 is 0 Å². The average molecular weight is 379 g/mol. The Kier molecular flexibility index (Phi) is 5.16. The minimum absolute atomic E-state index is 0.123. The van der Waals surface area contributed by atoms with E-state index in [4.69, 9.17) is 27.9 Å². The van der Waals surface area contributed by atoms with Crippen molar-refractivity contribution in [1.82, 2.24) is 0 Å². The average Bonchev–Trinajstić information content (AvgIpc) is 3.00. The fraction of sp³-hybridized carbons (Fsp3) is 0.222. The van der Waals surface area contributed by atoms with Gasteiger partial charge in [0.1, 0.15) is 5.75 Å². The number of hydrogen-bond acceptors (Lipinski definition) is 3. The maximum absolute atomic E-state index is 12.5. The van der Waals surface area contributed by atoms with Crippen LogP contribution in [-0.4, -0.2) is 25.5 Å². The first-order valence-electron chi connectivity index (χ1n) is 7.69. The summed E-state index contributed by atoms with van der Waals surface area (Å²) in [7, 11) is 1.55. The van der Waals surface area contributed by atoms with Gasteiger partial charge in [-0.15, -0.1) is 0 Å². The highest BCUT2D eigenvalue weighted by atomic mass is 35.5. The first-order valence-corrected chi connectivity index (χ1v) is 8.44. The van der Waals surface area contributed by atoms with Crippen LogP contribution in [0.4, 0.5) is 11.4 Å². The van der Waals surface area contributed by atoms with Crippen LogP contribution in [0.1, 0.15) is 6.42 Å². The number of carbonyl (C=O) groups is 2. The number of methoxy groups -OCH3 is 1. The maximum atomic E-state index is 12.5. The van der Waals surface area contributed by atoms with Crippen LogP contribution >= 0.6 is 23.2 Å². The molecule has 130 valence electrons. The number of halogens is 2. The van der Waals surface area contributed by atoms with Crippen molar-refractivity contribution in [3.8, 4) is 5.75 Å². The lowest BCUT2D eigenvalue weighted by atomic mass is 10.1. The van der Waals surface area contributed by atoms with Gasteiger partial charge in [-0.1, -0.05) is 35.3 Å². The third-order valence-electron chi connectivity index (χ3n) is 4.06. The van der Waals surface area contributed by atoms with Crippen molar-refractivity contribution in [1.29, 1.82) is 0 Å². The predicted octanol–water partition coefficient (Wildman–Crippen LogP) is 3.99. The molecule has 2 aromatic carbocycles. The van der Waals surface area contributed by atoms with Crippen molar-refractivity contribution in [3.05, 3.63) is 52.5 Å². The fourth-order valence-corrected chi connectivity index (χ4v) is 3.13. The summed E-state index contributed by atoms with van der Waals surface area (Å²) in [6.45, 7) is 0.281. The molecule has 0 aromatic heterocycles. The number of amides is 2. The molecule has 0 unspecified atom stereocenters. The lowest BCUT2D eigenvalue weighted by molar-refractivity contribution is -0.122. The van der Waals surface area contributed by atoms with Crippen molar-refractivity contribution in [2.45, 2.75) is 6.42 Å². The third-order valence-corrected chi connectivity index (χ3v) is 4.62. The number of nitrogens with one attached hydrogen (secondary N) is 1. The molecule has 0 saturated carbocycles. The molecular weight excluding hydrogens is 363 g/mol. The third kappa shape index (κ3) is 3.72. The number of carbonyl (C=O) groups excluding carboxylic acids is 2. The van der Waals surface area contributed by atoms with Crippen LogP contribution in [-0.2, 0) is 9.59 Å². The van der Waals surface area contributed by atoms with Gasteiger partial charge in [-0.25, -0.2) is 0 Å². The Morgan fingerprint density at radius 1 is 1.24 bits per heavy atom. The number of ether oxygens (including phenoxy) is 1. The zero-order valence-corrected chi connectivity index (χ0v) is 15.0. The van der Waals surface area contributed by atoms with E-state index in [1.807, 2.05) is 12.1 Å². The van der Waals surface area contributed by atoms with E-state index >= 15 is 0 Å². The van der Waals surface area contributed by atoms with Crippen LogP contribution in [0.3, 0.4) is 0 Å². The molecule has 5 nitrogen and oxygen atoms in total. The molecule has 25 heavy (non-hydrogen) atoms. The molecule has 1 saturated heterocycles. The molecule has 0 radical (unpaired) electrons. The molecule has 1 aliphatic rings. The van der Waals surface area contributed by atoms with Crippen molar-refractivity contribution >= 4 is 46.4 Å². The van der Waals surface area contributed by atoms with Crippen LogP contribution in [0.15, 0.2) is 42.5 Å². The zero-order valence-electron chi connectivity index (χ0n) is 13.5. The topological polar surface area (TPSA) is 58.6 Å². The number of rotatable bonds is 4. The SMILES string of the molecule is COc1ccccc1N1C[C@H](C(=O)Nc2cc(Cl)ccc2Cl)CC1=O. The summed E-state index contributed by atoms with van der Waals surface area (Å²) >= 11 is 12.0. The maximum Gasteiger partial charge on any atom is 0.229 e. The van der Waals surface area contributed by atoms with Gasteiger partial charge in [0.2, 0.25) is 11.8 Å². The molecule has 0 aliphatic carbocycles. The minimum atomic E-state index is -0.479. The lowest BCUT2D eigenvalue weighted by Crippen LogP contribution is -2.28. The van der Waals surface area contributed by atoms with Crippen LogP contribution in [0, 0.1) is 5.92 Å². The van der Waals surface area contributed by atoms with Crippen molar-refractivity contribution < 1.29 is 14.3 Å². The summed E-state index contributed by atoms with van der Waals surface area (Å²) in [6, 6.07) is 12.1. The second-order valence-electron chi connectivity index (χ2n) is 5.69. The van der Waals surface area contributed by atoms with Gasteiger partial charge in [-0.3, -0.25) is 9.59 Å². The molecule has 2 amide bonds. The molecule has 1 aliphatic heterocycles. The quantitative estimate of drug-likeness (QED) is 0.874. The Labute approximate surface area is 155 Å². The van der Waals surface area contributed by atoms with Gasteiger partial charge in [-0.05, 0) is 30.3 Å². The largest absolute Gasteiger partial charge is 0.495 e. The van der Waals surface area contributed by atoms with E-state index < -0.39 is 5.92 Å². The molecule has 7 heteroatoms. The standard InChI is InChI=1S/C18H16Cl2N2O3/c1-25-16-5-3-2-4-15(16)22-10-11(8-17(22)23)18(24)21-14-9-12(19)6-7-13(14)20/h2-7,9,11H,8,10H2,1H3,(H,21,24)/t11-/m1/s1. The molecule has 1 fully saturated rings. The second kappa shape index (κ2) is 7.33. The lowest BCUT2D eigenvalue weighted by Gasteiger charge is -2.19. The van der Waals surface area contributed by atoms with E-state index in [2.05, 4.69) is 5.32 Å². The molecular formula is C18H16Cl2N2O3. The van der Waals surface area contributed by atoms with Gasteiger partial charge < -0.3 is 15.0 Å². The van der Waals surface area contributed by atoms with Crippen molar-refractivity contribution in [3.63, 3.8) is 0 Å². The van der Waals surface area contributed by atoms with Gasteiger partial charge in [-0.2, -0.15) is 0 Å². The highest BCUT2D eigenvalue weighted by molar-refractivity contribution is 6.35. The van der Waals surface area contributed by atoms with E-state index in [9.17, 15) is 9.59 Å². The van der Waals surface area contributed by atoms with E-state index in [1.165, 1.54) is 0 Å². The summed E-state index contributed by atoms with van der Waals surface area (Å²) in [6.07, 6.45) is 0.127. The predicted molar refractivity (Wildman–Crippen MR) is 98.5 cm³/mol. The van der Waals surface area contributed by atoms with Crippen molar-refractivity contribution in [2.75, 3.05) is 23.9 Å².